The summed E-state index contributed by atoms with van der Waals surface area (Å²) in [6, 6.07) is 1.51. The second-order valence-electron chi connectivity index (χ2n) is 5.51. The number of nitriles is 1. The Hall–Kier alpha value is -1.34. The molecule has 0 aromatic carbocycles. The van der Waals surface area contributed by atoms with Crippen molar-refractivity contribution in [2.45, 2.75) is 52.6 Å². The van der Waals surface area contributed by atoms with Crippen LogP contribution in [-0.2, 0) is 4.79 Å². The average molecular weight is 265 g/mol. The van der Waals surface area contributed by atoms with Crippen LogP contribution < -0.4 is 5.32 Å². The zero-order chi connectivity index (χ0) is 15.0. The van der Waals surface area contributed by atoms with Crippen molar-refractivity contribution >= 4 is 5.91 Å². The molecule has 0 aliphatic heterocycles. The molecule has 0 aromatic rings. The Morgan fingerprint density at radius 3 is 2.37 bits per heavy atom. The molecule has 0 radical (unpaired) electrons. The molecule has 108 valence electrons. The third-order valence-electron chi connectivity index (χ3n) is 3.01. The number of carbonyl (C=O) groups excluding carboxylic acids is 1. The Morgan fingerprint density at radius 1 is 1.42 bits per heavy atom. The molecule has 19 heavy (non-hydrogen) atoms. The third kappa shape index (κ3) is 6.40. The summed E-state index contributed by atoms with van der Waals surface area (Å²) < 4.78 is 0. The zero-order valence-electron chi connectivity index (χ0n) is 13.0. The first kappa shape index (κ1) is 17.7. The van der Waals surface area contributed by atoms with Gasteiger partial charge in [0.25, 0.3) is 0 Å². The minimum Gasteiger partial charge on any atom is -0.339 e. The van der Waals surface area contributed by atoms with Gasteiger partial charge in [0.2, 0.25) is 5.91 Å². The number of hydrogen-bond acceptors (Lipinski definition) is 3. The van der Waals surface area contributed by atoms with Gasteiger partial charge in [-0.1, -0.05) is 32.4 Å². The molecular formula is C15H27N3O. The normalized spacial score (nSPS) is 15.2. The third-order valence-corrected chi connectivity index (χ3v) is 3.01. The van der Waals surface area contributed by atoms with Crippen LogP contribution in [0.4, 0.5) is 0 Å². The Labute approximate surface area is 117 Å². The van der Waals surface area contributed by atoms with E-state index in [1.54, 1.807) is 0 Å². The number of allylic oxidation sites excluding steroid dienone is 1. The van der Waals surface area contributed by atoms with Gasteiger partial charge in [-0.25, -0.2) is 0 Å². The predicted octanol–water partition coefficient (Wildman–Crippen LogP) is 2.33. The maximum Gasteiger partial charge on any atom is 0.238 e. The molecule has 0 saturated carbocycles. The molecule has 0 aromatic heterocycles. The standard InChI is InChI=1S/C15H27N3O/c1-7-8-12(4)9-13(10-16)17-15(19)14(11(2)3)18(5)6/h8,11,13-14H,7,9H2,1-6H3,(H,17,19). The van der Waals surface area contributed by atoms with Gasteiger partial charge >= 0.3 is 0 Å². The van der Waals surface area contributed by atoms with E-state index in [2.05, 4.69) is 24.4 Å². The van der Waals surface area contributed by atoms with E-state index in [0.717, 1.165) is 12.0 Å². The molecule has 1 N–H and O–H groups in total. The van der Waals surface area contributed by atoms with Crippen molar-refractivity contribution in [1.29, 1.82) is 5.26 Å². The zero-order valence-corrected chi connectivity index (χ0v) is 13.0. The number of nitrogens with one attached hydrogen (secondary N) is 1. The van der Waals surface area contributed by atoms with E-state index in [-0.39, 0.29) is 17.9 Å². The molecule has 0 bridgehead atoms. The van der Waals surface area contributed by atoms with Crippen LogP contribution in [0, 0.1) is 17.2 Å². The predicted molar refractivity (Wildman–Crippen MR) is 78.5 cm³/mol. The van der Waals surface area contributed by atoms with Crippen molar-refractivity contribution in [3.05, 3.63) is 11.6 Å². The Balaban J connectivity index is 4.67. The Kier molecular flexibility index (Phi) is 8.09. The average Bonchev–Trinajstić information content (AvgIpc) is 2.27. The van der Waals surface area contributed by atoms with Crippen LogP contribution in [-0.4, -0.2) is 37.0 Å². The minimum absolute atomic E-state index is 0.0733. The van der Waals surface area contributed by atoms with E-state index >= 15 is 0 Å². The highest BCUT2D eigenvalue weighted by Crippen LogP contribution is 2.10. The van der Waals surface area contributed by atoms with E-state index in [4.69, 9.17) is 5.26 Å². The van der Waals surface area contributed by atoms with Crippen LogP contribution in [0.3, 0.4) is 0 Å². The molecule has 0 aliphatic carbocycles. The van der Waals surface area contributed by atoms with Gasteiger partial charge in [-0.15, -0.1) is 0 Å². The van der Waals surface area contributed by atoms with Crippen molar-refractivity contribution in [3.63, 3.8) is 0 Å². The molecule has 2 unspecified atom stereocenters. The number of nitrogens with zero attached hydrogens (tertiary/aromatic N) is 2. The monoisotopic (exact) mass is 265 g/mol. The Morgan fingerprint density at radius 2 is 2.00 bits per heavy atom. The SMILES string of the molecule is CCC=C(C)CC(C#N)NC(=O)C(C(C)C)N(C)C. The van der Waals surface area contributed by atoms with Crippen molar-refractivity contribution in [3.8, 4) is 6.07 Å². The molecular weight excluding hydrogens is 238 g/mol. The maximum absolute atomic E-state index is 12.2. The van der Waals surface area contributed by atoms with Crippen LogP contribution >= 0.6 is 0 Å². The molecule has 4 heteroatoms. The molecule has 0 heterocycles. The van der Waals surface area contributed by atoms with Gasteiger partial charge in [0, 0.05) is 6.42 Å². The minimum atomic E-state index is -0.448. The van der Waals surface area contributed by atoms with Crippen molar-refractivity contribution in [1.82, 2.24) is 10.2 Å². The van der Waals surface area contributed by atoms with Crippen molar-refractivity contribution in [2.75, 3.05) is 14.1 Å². The number of likely N-dealkylation sites (N-methyl/N-ethyl adjacent to an activating group) is 1. The lowest BCUT2D eigenvalue weighted by molar-refractivity contribution is -0.127. The molecule has 0 fully saturated rings. The maximum atomic E-state index is 12.2. The van der Waals surface area contributed by atoms with Gasteiger partial charge < -0.3 is 5.32 Å². The second kappa shape index (κ2) is 8.71. The highest BCUT2D eigenvalue weighted by molar-refractivity contribution is 5.82. The van der Waals surface area contributed by atoms with Crippen LogP contribution in [0.2, 0.25) is 0 Å². The summed E-state index contributed by atoms with van der Waals surface area (Å²) >= 11 is 0. The van der Waals surface area contributed by atoms with Gasteiger partial charge in [0.15, 0.2) is 0 Å². The lowest BCUT2D eigenvalue weighted by Crippen LogP contribution is -2.49. The van der Waals surface area contributed by atoms with Crippen LogP contribution in [0.15, 0.2) is 11.6 Å². The number of carbonyl (C=O) groups is 1. The topological polar surface area (TPSA) is 56.1 Å². The van der Waals surface area contributed by atoms with E-state index < -0.39 is 6.04 Å². The summed E-state index contributed by atoms with van der Waals surface area (Å²) in [5.41, 5.74) is 1.14. The summed E-state index contributed by atoms with van der Waals surface area (Å²) in [4.78, 5) is 14.1. The smallest absolute Gasteiger partial charge is 0.238 e. The van der Waals surface area contributed by atoms with Gasteiger partial charge in [0.1, 0.15) is 6.04 Å². The fourth-order valence-corrected chi connectivity index (χ4v) is 2.27. The highest BCUT2D eigenvalue weighted by atomic mass is 16.2. The number of hydrogen-bond donors (Lipinski definition) is 1. The van der Waals surface area contributed by atoms with Crippen LogP contribution in [0.25, 0.3) is 0 Å². The summed E-state index contributed by atoms with van der Waals surface area (Å²) in [5.74, 6) is 0.137. The molecule has 0 aliphatic rings. The molecule has 2 atom stereocenters. The van der Waals surface area contributed by atoms with E-state index in [1.807, 2.05) is 39.8 Å². The summed E-state index contributed by atoms with van der Waals surface area (Å²) in [6.07, 6.45) is 3.63. The summed E-state index contributed by atoms with van der Waals surface area (Å²) in [6.45, 7) is 8.07. The lowest BCUT2D eigenvalue weighted by atomic mass is 10.0. The van der Waals surface area contributed by atoms with Crippen molar-refractivity contribution < 1.29 is 4.79 Å². The van der Waals surface area contributed by atoms with Crippen molar-refractivity contribution in [2.24, 2.45) is 5.92 Å². The molecule has 0 saturated heterocycles. The number of amides is 1. The summed E-state index contributed by atoms with van der Waals surface area (Å²) in [5, 5.41) is 12.0. The van der Waals surface area contributed by atoms with E-state index in [1.165, 1.54) is 0 Å². The first-order chi connectivity index (χ1) is 8.83. The van der Waals surface area contributed by atoms with Crippen LogP contribution in [0.5, 0.6) is 0 Å². The molecule has 0 rings (SSSR count). The second-order valence-corrected chi connectivity index (χ2v) is 5.51. The number of rotatable bonds is 7. The first-order valence-electron chi connectivity index (χ1n) is 6.85. The largest absolute Gasteiger partial charge is 0.339 e. The summed E-state index contributed by atoms with van der Waals surface area (Å²) in [7, 11) is 3.77. The molecule has 1 amide bonds. The highest BCUT2D eigenvalue weighted by Gasteiger charge is 2.26. The fraction of sp³-hybridized carbons (Fsp3) is 0.733. The fourth-order valence-electron chi connectivity index (χ4n) is 2.27. The molecule has 0 spiro atoms. The van der Waals surface area contributed by atoms with E-state index in [0.29, 0.717) is 6.42 Å². The molecule has 4 nitrogen and oxygen atoms in total. The Bertz CT molecular complexity index is 345. The first-order valence-corrected chi connectivity index (χ1v) is 6.85. The van der Waals surface area contributed by atoms with Gasteiger partial charge in [0.05, 0.1) is 12.1 Å². The lowest BCUT2D eigenvalue weighted by Gasteiger charge is -2.27. The van der Waals surface area contributed by atoms with E-state index in [9.17, 15) is 4.79 Å². The van der Waals surface area contributed by atoms with Gasteiger partial charge in [-0.05, 0) is 33.4 Å². The van der Waals surface area contributed by atoms with Gasteiger partial charge in [-0.3, -0.25) is 9.69 Å². The van der Waals surface area contributed by atoms with Gasteiger partial charge in [-0.2, -0.15) is 5.26 Å². The van der Waals surface area contributed by atoms with Crippen LogP contribution in [0.1, 0.15) is 40.5 Å². The quantitative estimate of drug-likeness (QED) is 0.719.